The molecule has 0 bridgehead atoms. The maximum atomic E-state index is 11.4. The fourth-order valence-electron chi connectivity index (χ4n) is 2.15. The molecule has 0 N–H and O–H groups in total. The largest absolute Gasteiger partial charge is 0.465 e. The normalized spacial score (nSPS) is 20.4. The first-order chi connectivity index (χ1) is 7.97. The molecular formula is C15H20O2. The molecule has 1 heterocycles. The molecular weight excluding hydrogens is 212 g/mol. The predicted molar refractivity (Wildman–Crippen MR) is 67.9 cm³/mol. The number of ether oxygens (including phenoxy) is 1. The Hall–Kier alpha value is -1.31. The maximum absolute atomic E-state index is 11.4. The molecule has 1 saturated heterocycles. The van der Waals surface area contributed by atoms with Crippen LogP contribution in [0.4, 0.5) is 0 Å². The summed E-state index contributed by atoms with van der Waals surface area (Å²) in [5.41, 5.74) is 2.74. The molecule has 92 valence electrons. The van der Waals surface area contributed by atoms with Crippen LogP contribution >= 0.6 is 0 Å². The van der Waals surface area contributed by atoms with Crippen molar-refractivity contribution < 1.29 is 9.53 Å². The van der Waals surface area contributed by atoms with Crippen molar-refractivity contribution in [3.8, 4) is 0 Å². The lowest BCUT2D eigenvalue weighted by Gasteiger charge is -2.19. The van der Waals surface area contributed by atoms with Gasteiger partial charge in [0.25, 0.3) is 0 Å². The van der Waals surface area contributed by atoms with E-state index in [0.717, 1.165) is 12.8 Å². The summed E-state index contributed by atoms with van der Waals surface area (Å²) in [4.78, 5) is 11.4. The van der Waals surface area contributed by atoms with E-state index in [-0.39, 0.29) is 17.3 Å². The van der Waals surface area contributed by atoms with E-state index in [2.05, 4.69) is 45.0 Å². The van der Waals surface area contributed by atoms with Gasteiger partial charge in [0.15, 0.2) is 0 Å². The molecule has 0 radical (unpaired) electrons. The summed E-state index contributed by atoms with van der Waals surface area (Å²) >= 11 is 0. The number of esters is 1. The first kappa shape index (κ1) is 12.2. The summed E-state index contributed by atoms with van der Waals surface area (Å²) in [7, 11) is 0. The van der Waals surface area contributed by atoms with Crippen LogP contribution in [-0.2, 0) is 21.4 Å². The quantitative estimate of drug-likeness (QED) is 0.732. The Bertz CT molecular complexity index is 398. The summed E-state index contributed by atoms with van der Waals surface area (Å²) in [5.74, 6) is 0.0281. The van der Waals surface area contributed by atoms with Crippen LogP contribution in [0.1, 0.15) is 38.3 Å². The van der Waals surface area contributed by atoms with Gasteiger partial charge in [0.05, 0.1) is 12.5 Å². The number of benzene rings is 1. The average molecular weight is 232 g/mol. The second-order valence-electron chi connectivity index (χ2n) is 5.80. The molecule has 2 nitrogen and oxygen atoms in total. The number of carbonyl (C=O) groups excluding carboxylic acids is 1. The molecule has 1 unspecified atom stereocenters. The van der Waals surface area contributed by atoms with Crippen LogP contribution in [0.3, 0.4) is 0 Å². The van der Waals surface area contributed by atoms with Crippen molar-refractivity contribution in [2.45, 2.75) is 39.0 Å². The molecule has 1 fully saturated rings. The van der Waals surface area contributed by atoms with Crippen LogP contribution in [0.25, 0.3) is 0 Å². The first-order valence-corrected chi connectivity index (χ1v) is 6.23. The molecule has 0 amide bonds. The fraction of sp³-hybridized carbons (Fsp3) is 0.533. The maximum Gasteiger partial charge on any atom is 0.309 e. The van der Waals surface area contributed by atoms with Gasteiger partial charge < -0.3 is 4.74 Å². The van der Waals surface area contributed by atoms with E-state index in [1.165, 1.54) is 11.1 Å². The Balaban J connectivity index is 2.06. The predicted octanol–water partition coefficient (Wildman–Crippen LogP) is 3.09. The fourth-order valence-corrected chi connectivity index (χ4v) is 2.15. The molecule has 1 atom stereocenters. The minimum atomic E-state index is -0.0371. The molecule has 1 aliphatic rings. The van der Waals surface area contributed by atoms with Crippen LogP contribution in [0.2, 0.25) is 0 Å². The van der Waals surface area contributed by atoms with Crippen molar-refractivity contribution in [2.24, 2.45) is 5.92 Å². The highest BCUT2D eigenvalue weighted by Crippen LogP contribution is 2.24. The summed E-state index contributed by atoms with van der Waals surface area (Å²) in [5, 5.41) is 0. The molecule has 1 aromatic rings. The van der Waals surface area contributed by atoms with Gasteiger partial charge in [-0.1, -0.05) is 45.0 Å². The Kier molecular flexibility index (Phi) is 3.23. The van der Waals surface area contributed by atoms with E-state index in [1.807, 2.05) is 0 Å². The topological polar surface area (TPSA) is 26.3 Å². The number of rotatable bonds is 2. The van der Waals surface area contributed by atoms with Crippen LogP contribution in [-0.4, -0.2) is 12.6 Å². The second-order valence-corrected chi connectivity index (χ2v) is 5.80. The van der Waals surface area contributed by atoms with Gasteiger partial charge in [0.1, 0.15) is 0 Å². The van der Waals surface area contributed by atoms with E-state index in [9.17, 15) is 4.79 Å². The summed E-state index contributed by atoms with van der Waals surface area (Å²) < 4.78 is 4.98. The van der Waals surface area contributed by atoms with Crippen molar-refractivity contribution >= 4 is 5.97 Å². The van der Waals surface area contributed by atoms with Gasteiger partial charge in [0, 0.05) is 0 Å². The molecule has 2 rings (SSSR count). The average Bonchev–Trinajstić information content (AvgIpc) is 2.64. The van der Waals surface area contributed by atoms with Gasteiger partial charge in [-0.2, -0.15) is 0 Å². The molecule has 1 aliphatic heterocycles. The molecule has 0 spiro atoms. The van der Waals surface area contributed by atoms with E-state index in [0.29, 0.717) is 6.61 Å². The standard InChI is InChI=1S/C15H20O2/c1-15(2,3)13-6-4-11(5-7-13)10-12-8-9-17-14(12)16/h4-7,12H,8-10H2,1-3H3. The smallest absolute Gasteiger partial charge is 0.309 e. The van der Waals surface area contributed by atoms with Crippen molar-refractivity contribution in [3.63, 3.8) is 0 Å². The number of carbonyl (C=O) groups is 1. The SMILES string of the molecule is CC(C)(C)c1ccc(CC2CCOC2=O)cc1. The highest BCUT2D eigenvalue weighted by Gasteiger charge is 2.26. The zero-order chi connectivity index (χ0) is 12.5. The molecule has 1 aromatic carbocycles. The van der Waals surface area contributed by atoms with Crippen LogP contribution < -0.4 is 0 Å². The Morgan fingerprint density at radius 3 is 2.35 bits per heavy atom. The monoisotopic (exact) mass is 232 g/mol. The first-order valence-electron chi connectivity index (χ1n) is 6.23. The minimum absolute atomic E-state index is 0.0371. The molecule has 2 heteroatoms. The highest BCUT2D eigenvalue weighted by molar-refractivity contribution is 5.74. The van der Waals surface area contributed by atoms with Gasteiger partial charge in [-0.15, -0.1) is 0 Å². The summed E-state index contributed by atoms with van der Waals surface area (Å²) in [6, 6.07) is 8.59. The van der Waals surface area contributed by atoms with Gasteiger partial charge in [-0.05, 0) is 29.4 Å². The van der Waals surface area contributed by atoms with Gasteiger partial charge in [-0.3, -0.25) is 4.79 Å². The zero-order valence-corrected chi connectivity index (χ0v) is 10.8. The van der Waals surface area contributed by atoms with Crippen molar-refractivity contribution in [2.75, 3.05) is 6.61 Å². The van der Waals surface area contributed by atoms with Gasteiger partial charge in [-0.25, -0.2) is 0 Å². The lowest BCUT2D eigenvalue weighted by atomic mass is 9.86. The highest BCUT2D eigenvalue weighted by atomic mass is 16.5. The second kappa shape index (κ2) is 4.52. The van der Waals surface area contributed by atoms with Crippen molar-refractivity contribution in [1.82, 2.24) is 0 Å². The third-order valence-corrected chi connectivity index (χ3v) is 3.35. The van der Waals surface area contributed by atoms with E-state index in [1.54, 1.807) is 0 Å². The molecule has 0 saturated carbocycles. The van der Waals surface area contributed by atoms with E-state index >= 15 is 0 Å². The number of hydrogen-bond acceptors (Lipinski definition) is 2. The van der Waals surface area contributed by atoms with E-state index in [4.69, 9.17) is 4.74 Å². The van der Waals surface area contributed by atoms with Crippen molar-refractivity contribution in [3.05, 3.63) is 35.4 Å². The van der Waals surface area contributed by atoms with Crippen LogP contribution in [0.15, 0.2) is 24.3 Å². The number of cyclic esters (lactones) is 1. The molecule has 0 aromatic heterocycles. The molecule has 17 heavy (non-hydrogen) atoms. The molecule has 0 aliphatic carbocycles. The van der Waals surface area contributed by atoms with Crippen molar-refractivity contribution in [1.29, 1.82) is 0 Å². The van der Waals surface area contributed by atoms with Gasteiger partial charge in [0.2, 0.25) is 0 Å². The van der Waals surface area contributed by atoms with Crippen LogP contribution in [0, 0.1) is 5.92 Å². The van der Waals surface area contributed by atoms with Crippen LogP contribution in [0.5, 0.6) is 0 Å². The summed E-state index contributed by atoms with van der Waals surface area (Å²) in [6.45, 7) is 7.20. The third-order valence-electron chi connectivity index (χ3n) is 3.35. The Morgan fingerprint density at radius 1 is 1.24 bits per heavy atom. The lowest BCUT2D eigenvalue weighted by molar-refractivity contribution is -0.141. The van der Waals surface area contributed by atoms with Gasteiger partial charge >= 0.3 is 5.97 Å². The Labute approximate surface area is 103 Å². The Morgan fingerprint density at radius 2 is 1.88 bits per heavy atom. The van der Waals surface area contributed by atoms with E-state index < -0.39 is 0 Å². The lowest BCUT2D eigenvalue weighted by Crippen LogP contribution is -2.12. The minimum Gasteiger partial charge on any atom is -0.465 e. The third kappa shape index (κ3) is 2.87. The zero-order valence-electron chi connectivity index (χ0n) is 10.8. The number of hydrogen-bond donors (Lipinski definition) is 0. The summed E-state index contributed by atoms with van der Waals surface area (Å²) in [6.07, 6.45) is 1.67.